The second-order valence-electron chi connectivity index (χ2n) is 5.71. The number of hydrogen-bond acceptors (Lipinski definition) is 2. The van der Waals surface area contributed by atoms with Crippen molar-refractivity contribution in [2.45, 2.75) is 25.7 Å². The van der Waals surface area contributed by atoms with E-state index in [4.69, 9.17) is 5.73 Å². The number of aliphatic hydroxyl groups is 1. The van der Waals surface area contributed by atoms with Crippen molar-refractivity contribution in [3.63, 3.8) is 0 Å². The maximum absolute atomic E-state index is 13.5. The molecule has 1 atom stereocenters. The van der Waals surface area contributed by atoms with Crippen molar-refractivity contribution in [2.24, 2.45) is 5.73 Å². The lowest BCUT2D eigenvalue weighted by Gasteiger charge is -2.33. The molecule has 0 radical (unpaired) electrons. The van der Waals surface area contributed by atoms with Crippen molar-refractivity contribution in [1.29, 1.82) is 0 Å². The fourth-order valence-corrected chi connectivity index (χ4v) is 2.85. The largest absolute Gasteiger partial charge is 0.395 e. The Morgan fingerprint density at radius 2 is 1.81 bits per heavy atom. The summed E-state index contributed by atoms with van der Waals surface area (Å²) in [5.74, 6) is -0.260. The molecule has 21 heavy (non-hydrogen) atoms. The van der Waals surface area contributed by atoms with E-state index in [1.807, 2.05) is 38.1 Å². The minimum atomic E-state index is -0.579. The molecule has 2 rings (SSSR count). The van der Waals surface area contributed by atoms with E-state index in [0.717, 1.165) is 22.3 Å². The molecule has 2 aromatic carbocycles. The third-order valence-corrected chi connectivity index (χ3v) is 4.25. The number of hydrogen-bond donors (Lipinski definition) is 2. The zero-order chi connectivity index (χ0) is 15.5. The van der Waals surface area contributed by atoms with Gasteiger partial charge in [-0.25, -0.2) is 4.39 Å². The van der Waals surface area contributed by atoms with Crippen LogP contribution in [-0.4, -0.2) is 18.3 Å². The van der Waals surface area contributed by atoms with Crippen molar-refractivity contribution in [3.8, 4) is 0 Å². The van der Waals surface area contributed by atoms with Crippen LogP contribution in [0.15, 0.2) is 42.5 Å². The van der Waals surface area contributed by atoms with Gasteiger partial charge in [-0.05, 0) is 54.7 Å². The number of aliphatic hydroxyl groups excluding tert-OH is 1. The van der Waals surface area contributed by atoms with E-state index in [9.17, 15) is 9.50 Å². The van der Waals surface area contributed by atoms with Gasteiger partial charge in [-0.15, -0.1) is 0 Å². The molecule has 0 saturated carbocycles. The van der Waals surface area contributed by atoms with E-state index in [-0.39, 0.29) is 12.4 Å². The lowest BCUT2D eigenvalue weighted by atomic mass is 9.74. The molecule has 112 valence electrons. The number of benzene rings is 2. The molecule has 2 nitrogen and oxygen atoms in total. The van der Waals surface area contributed by atoms with Crippen molar-refractivity contribution < 1.29 is 9.50 Å². The molecule has 3 heteroatoms. The fraction of sp³-hybridized carbons (Fsp3) is 0.333. The van der Waals surface area contributed by atoms with Crippen LogP contribution >= 0.6 is 0 Å². The predicted molar refractivity (Wildman–Crippen MR) is 83.8 cm³/mol. The van der Waals surface area contributed by atoms with Crippen LogP contribution in [0, 0.1) is 19.7 Å². The Morgan fingerprint density at radius 3 is 2.43 bits per heavy atom. The lowest BCUT2D eigenvalue weighted by Crippen LogP contribution is -2.41. The van der Waals surface area contributed by atoms with Gasteiger partial charge >= 0.3 is 0 Å². The summed E-state index contributed by atoms with van der Waals surface area (Å²) in [6.07, 6.45) is 0.522. The van der Waals surface area contributed by atoms with Gasteiger partial charge in [0.1, 0.15) is 5.82 Å². The number of nitrogens with two attached hydrogens (primary N) is 1. The summed E-state index contributed by atoms with van der Waals surface area (Å²) in [5, 5.41) is 10.0. The van der Waals surface area contributed by atoms with Gasteiger partial charge in [-0.3, -0.25) is 0 Å². The number of halogens is 1. The molecule has 0 fully saturated rings. The minimum absolute atomic E-state index is 0.0652. The average Bonchev–Trinajstić information content (AvgIpc) is 2.49. The minimum Gasteiger partial charge on any atom is -0.395 e. The third kappa shape index (κ3) is 3.14. The summed E-state index contributed by atoms with van der Waals surface area (Å²) >= 11 is 0. The molecular weight excluding hydrogens is 265 g/mol. The summed E-state index contributed by atoms with van der Waals surface area (Å²) in [4.78, 5) is 0. The Bertz CT molecular complexity index is 620. The highest BCUT2D eigenvalue weighted by molar-refractivity contribution is 5.38. The summed E-state index contributed by atoms with van der Waals surface area (Å²) in [7, 11) is 0. The normalized spacial score (nSPS) is 14.0. The topological polar surface area (TPSA) is 46.2 Å². The van der Waals surface area contributed by atoms with Crippen molar-refractivity contribution >= 4 is 0 Å². The summed E-state index contributed by atoms with van der Waals surface area (Å²) in [6, 6.07) is 12.7. The molecule has 0 aliphatic rings. The molecule has 1 unspecified atom stereocenters. The van der Waals surface area contributed by atoms with Gasteiger partial charge in [-0.1, -0.05) is 30.3 Å². The first-order valence-electron chi connectivity index (χ1n) is 7.14. The zero-order valence-electron chi connectivity index (χ0n) is 12.6. The maximum Gasteiger partial charge on any atom is 0.123 e. The van der Waals surface area contributed by atoms with Crippen molar-refractivity contribution in [2.75, 3.05) is 13.2 Å². The highest BCUT2D eigenvalue weighted by Gasteiger charge is 2.32. The molecule has 0 aliphatic carbocycles. The van der Waals surface area contributed by atoms with Gasteiger partial charge in [0.15, 0.2) is 0 Å². The molecule has 0 spiro atoms. The Labute approximate surface area is 125 Å². The number of rotatable bonds is 5. The van der Waals surface area contributed by atoms with Gasteiger partial charge in [0.2, 0.25) is 0 Å². The Hall–Kier alpha value is -1.71. The van der Waals surface area contributed by atoms with Gasteiger partial charge < -0.3 is 10.8 Å². The second-order valence-corrected chi connectivity index (χ2v) is 5.71. The molecule has 0 bridgehead atoms. The summed E-state index contributed by atoms with van der Waals surface area (Å²) in [5.41, 5.74) is 9.43. The molecule has 0 saturated heterocycles. The first-order valence-corrected chi connectivity index (χ1v) is 7.14. The highest BCUT2D eigenvalue weighted by atomic mass is 19.1. The molecule has 2 aromatic rings. The Morgan fingerprint density at radius 1 is 1.10 bits per heavy atom. The van der Waals surface area contributed by atoms with Gasteiger partial charge in [0.05, 0.1) is 6.61 Å². The monoisotopic (exact) mass is 287 g/mol. The van der Waals surface area contributed by atoms with Crippen LogP contribution < -0.4 is 5.73 Å². The van der Waals surface area contributed by atoms with Gasteiger partial charge in [0, 0.05) is 12.0 Å². The van der Waals surface area contributed by atoms with E-state index < -0.39 is 5.41 Å². The van der Waals surface area contributed by atoms with Crippen LogP contribution in [0.1, 0.15) is 22.3 Å². The lowest BCUT2D eigenvalue weighted by molar-refractivity contribution is 0.195. The summed E-state index contributed by atoms with van der Waals surface area (Å²) < 4.78 is 13.5. The van der Waals surface area contributed by atoms with Crippen LogP contribution in [0.3, 0.4) is 0 Å². The highest BCUT2D eigenvalue weighted by Crippen LogP contribution is 2.31. The van der Waals surface area contributed by atoms with Crippen LogP contribution in [-0.2, 0) is 11.8 Å². The molecular formula is C18H22FNO. The maximum atomic E-state index is 13.5. The van der Waals surface area contributed by atoms with E-state index >= 15 is 0 Å². The first kappa shape index (κ1) is 15.7. The molecule has 0 amide bonds. The molecule has 3 N–H and O–H groups in total. The van der Waals surface area contributed by atoms with Crippen LogP contribution in [0.2, 0.25) is 0 Å². The first-order chi connectivity index (χ1) is 10.0. The van der Waals surface area contributed by atoms with Gasteiger partial charge in [0.25, 0.3) is 0 Å². The number of aryl methyl sites for hydroxylation is 2. The van der Waals surface area contributed by atoms with Crippen molar-refractivity contribution in [3.05, 3.63) is 70.5 Å². The average molecular weight is 287 g/mol. The quantitative estimate of drug-likeness (QED) is 0.888. The predicted octanol–water partition coefficient (Wildman–Crippen LogP) is 2.87. The fourth-order valence-electron chi connectivity index (χ4n) is 2.85. The van der Waals surface area contributed by atoms with Crippen LogP contribution in [0.25, 0.3) is 0 Å². The van der Waals surface area contributed by atoms with Crippen LogP contribution in [0.4, 0.5) is 4.39 Å². The second kappa shape index (κ2) is 6.37. The Kier molecular flexibility index (Phi) is 4.76. The zero-order valence-corrected chi connectivity index (χ0v) is 12.6. The smallest absolute Gasteiger partial charge is 0.123 e. The van der Waals surface area contributed by atoms with Crippen molar-refractivity contribution in [1.82, 2.24) is 0 Å². The van der Waals surface area contributed by atoms with E-state index in [0.29, 0.717) is 13.0 Å². The summed E-state index contributed by atoms with van der Waals surface area (Å²) in [6.45, 7) is 4.20. The molecule has 0 aromatic heterocycles. The van der Waals surface area contributed by atoms with Crippen LogP contribution in [0.5, 0.6) is 0 Å². The third-order valence-electron chi connectivity index (χ3n) is 4.25. The van der Waals surface area contributed by atoms with E-state index in [1.165, 1.54) is 12.1 Å². The Balaban J connectivity index is 2.48. The SMILES string of the molecule is Cc1ccc(F)cc1CC(CN)(CO)c1ccccc1C. The molecule has 0 aliphatic heterocycles. The molecule has 0 heterocycles. The van der Waals surface area contributed by atoms with E-state index in [2.05, 4.69) is 0 Å². The van der Waals surface area contributed by atoms with E-state index in [1.54, 1.807) is 6.07 Å². The van der Waals surface area contributed by atoms with Gasteiger partial charge in [-0.2, -0.15) is 0 Å². The standard InChI is InChI=1S/C18H22FNO/c1-13-7-8-16(19)9-15(13)10-18(11-20,12-21)17-6-4-3-5-14(17)2/h3-9,21H,10-12,20H2,1-2H3.